The Balaban J connectivity index is 1.79. The van der Waals surface area contributed by atoms with Crippen LogP contribution in [0.25, 0.3) is 0 Å². The maximum atomic E-state index is 12.0. The monoisotopic (exact) mass is 321 g/mol. The molecule has 1 heterocycles. The first kappa shape index (κ1) is 15.8. The normalized spacial score (nSPS) is 17.5. The average molecular weight is 322 g/mol. The number of halogens is 1. The van der Waals surface area contributed by atoms with E-state index in [1.165, 1.54) is 30.2 Å². The maximum absolute atomic E-state index is 12.0. The fraction of sp³-hybridized carbons (Fsp3) is 0.750. The van der Waals surface area contributed by atoms with E-state index in [1.807, 2.05) is 0 Å². The Morgan fingerprint density at radius 3 is 2.75 bits per heavy atom. The number of rotatable bonds is 6. The number of aryl methyl sites for hydroxylation is 1. The van der Waals surface area contributed by atoms with E-state index < -0.39 is 10.0 Å². The van der Waals surface area contributed by atoms with E-state index in [2.05, 4.69) is 9.71 Å². The number of aromatic nitrogens is 2. The van der Waals surface area contributed by atoms with Gasteiger partial charge in [0.05, 0.1) is 19.0 Å². The van der Waals surface area contributed by atoms with Crippen molar-refractivity contribution in [1.29, 1.82) is 0 Å². The lowest BCUT2D eigenvalue weighted by molar-refractivity contribution is 0.0321. The molecule has 0 amide bonds. The van der Waals surface area contributed by atoms with E-state index in [1.54, 1.807) is 7.05 Å². The Morgan fingerprint density at radius 2 is 2.15 bits per heavy atom. The molecule has 1 aliphatic rings. The summed E-state index contributed by atoms with van der Waals surface area (Å²) in [6.45, 7) is 0.597. The number of nitrogens with one attached hydrogen (secondary N) is 1. The summed E-state index contributed by atoms with van der Waals surface area (Å²) in [6, 6.07) is 0. The lowest BCUT2D eigenvalue weighted by atomic mass is 9.98. The smallest absolute Gasteiger partial charge is 0.261 e. The van der Waals surface area contributed by atoms with Crippen LogP contribution in [-0.4, -0.2) is 37.2 Å². The van der Waals surface area contributed by atoms with Crippen LogP contribution in [0.4, 0.5) is 0 Å². The van der Waals surface area contributed by atoms with Crippen molar-refractivity contribution in [3.05, 3.63) is 11.5 Å². The molecule has 8 heteroatoms. The fourth-order valence-electron chi connectivity index (χ4n) is 2.28. The molecule has 0 radical (unpaired) electrons. The van der Waals surface area contributed by atoms with Crippen LogP contribution < -0.4 is 4.72 Å². The van der Waals surface area contributed by atoms with E-state index in [4.69, 9.17) is 16.3 Å². The predicted molar refractivity (Wildman–Crippen MR) is 76.2 cm³/mol. The molecule has 6 nitrogen and oxygen atoms in total. The van der Waals surface area contributed by atoms with Gasteiger partial charge in [0, 0.05) is 13.6 Å². The van der Waals surface area contributed by atoms with Crippen LogP contribution in [0.5, 0.6) is 0 Å². The van der Waals surface area contributed by atoms with Gasteiger partial charge in [0.1, 0.15) is 5.15 Å². The highest BCUT2D eigenvalue weighted by atomic mass is 35.5. The number of hydrogen-bond donors (Lipinski definition) is 1. The van der Waals surface area contributed by atoms with Crippen molar-refractivity contribution >= 4 is 21.6 Å². The van der Waals surface area contributed by atoms with Crippen molar-refractivity contribution in [2.75, 3.05) is 13.2 Å². The molecule has 1 aromatic rings. The van der Waals surface area contributed by atoms with Gasteiger partial charge in [0.15, 0.2) is 0 Å². The Hall–Kier alpha value is -0.630. The predicted octanol–water partition coefficient (Wildman–Crippen LogP) is 1.70. The number of sulfonamides is 1. The topological polar surface area (TPSA) is 73.2 Å². The molecular formula is C12H20ClN3O3S. The SMILES string of the molecule is Cn1cnc(S(=O)(=O)NCCOC2CCCCC2)c1Cl. The van der Waals surface area contributed by atoms with Crippen LogP contribution >= 0.6 is 11.6 Å². The van der Waals surface area contributed by atoms with Crippen LogP contribution in [0.2, 0.25) is 5.15 Å². The highest BCUT2D eigenvalue weighted by molar-refractivity contribution is 7.89. The van der Waals surface area contributed by atoms with Crippen molar-refractivity contribution in [1.82, 2.24) is 14.3 Å². The molecule has 1 aromatic heterocycles. The fourth-order valence-corrected chi connectivity index (χ4v) is 3.71. The van der Waals surface area contributed by atoms with E-state index in [9.17, 15) is 8.42 Å². The number of hydrogen-bond acceptors (Lipinski definition) is 4. The summed E-state index contributed by atoms with van der Waals surface area (Å²) < 4.78 is 33.6. The van der Waals surface area contributed by atoms with Crippen molar-refractivity contribution in [2.45, 2.75) is 43.2 Å². The summed E-state index contributed by atoms with van der Waals surface area (Å²) in [5, 5.41) is -0.0370. The molecule has 1 fully saturated rings. The maximum Gasteiger partial charge on any atom is 0.261 e. The zero-order valence-electron chi connectivity index (χ0n) is 11.5. The first-order valence-corrected chi connectivity index (χ1v) is 8.65. The van der Waals surface area contributed by atoms with Crippen LogP contribution in [-0.2, 0) is 21.8 Å². The minimum Gasteiger partial charge on any atom is -0.377 e. The van der Waals surface area contributed by atoms with Crippen LogP contribution in [0.3, 0.4) is 0 Å². The Bertz CT molecular complexity index is 538. The minimum absolute atomic E-state index is 0.102. The first-order valence-electron chi connectivity index (χ1n) is 6.79. The average Bonchev–Trinajstić information content (AvgIpc) is 2.77. The molecule has 0 aliphatic heterocycles. The molecule has 114 valence electrons. The zero-order valence-corrected chi connectivity index (χ0v) is 13.1. The van der Waals surface area contributed by atoms with Gasteiger partial charge < -0.3 is 9.30 Å². The second-order valence-electron chi connectivity index (χ2n) is 4.98. The van der Waals surface area contributed by atoms with E-state index in [-0.39, 0.29) is 22.8 Å². The van der Waals surface area contributed by atoms with Gasteiger partial charge in [-0.05, 0) is 12.8 Å². The van der Waals surface area contributed by atoms with Gasteiger partial charge in [-0.2, -0.15) is 0 Å². The van der Waals surface area contributed by atoms with Gasteiger partial charge in [-0.25, -0.2) is 18.1 Å². The van der Waals surface area contributed by atoms with Gasteiger partial charge >= 0.3 is 0 Å². The van der Waals surface area contributed by atoms with Crippen molar-refractivity contribution in [3.63, 3.8) is 0 Å². The highest BCUT2D eigenvalue weighted by Gasteiger charge is 2.22. The third-order valence-corrected chi connectivity index (χ3v) is 5.34. The number of nitrogens with zero attached hydrogens (tertiary/aromatic N) is 2. The molecule has 1 aliphatic carbocycles. The molecule has 0 saturated heterocycles. The van der Waals surface area contributed by atoms with Gasteiger partial charge in [0.25, 0.3) is 10.0 Å². The third-order valence-electron chi connectivity index (χ3n) is 3.39. The standard InChI is InChI=1S/C12H20ClN3O3S/c1-16-9-14-12(11(16)13)20(17,18)15-7-8-19-10-5-3-2-4-6-10/h9-10,15H,2-8H2,1H3. The van der Waals surface area contributed by atoms with E-state index >= 15 is 0 Å². The second-order valence-corrected chi connectivity index (χ2v) is 7.02. The first-order chi connectivity index (χ1) is 9.50. The van der Waals surface area contributed by atoms with E-state index in [0.29, 0.717) is 6.61 Å². The second kappa shape index (κ2) is 6.89. The number of ether oxygens (including phenoxy) is 1. The lowest BCUT2D eigenvalue weighted by Gasteiger charge is -2.21. The summed E-state index contributed by atoms with van der Waals surface area (Å²) in [7, 11) is -2.03. The largest absolute Gasteiger partial charge is 0.377 e. The van der Waals surface area contributed by atoms with Crippen LogP contribution in [0.15, 0.2) is 11.4 Å². The third kappa shape index (κ3) is 3.94. The molecule has 0 atom stereocenters. The zero-order chi connectivity index (χ0) is 14.6. The number of imidazole rings is 1. The summed E-state index contributed by atoms with van der Waals surface area (Å²) in [5.41, 5.74) is 0. The molecule has 1 N–H and O–H groups in total. The quantitative estimate of drug-likeness (QED) is 0.809. The molecule has 0 aromatic carbocycles. The Labute approximate surface area is 124 Å². The van der Waals surface area contributed by atoms with Gasteiger partial charge in [0.2, 0.25) is 5.03 Å². The summed E-state index contributed by atoms with van der Waals surface area (Å²) >= 11 is 5.88. The summed E-state index contributed by atoms with van der Waals surface area (Å²) in [5.74, 6) is 0. The minimum atomic E-state index is -3.67. The van der Waals surface area contributed by atoms with Crippen LogP contribution in [0.1, 0.15) is 32.1 Å². The molecular weight excluding hydrogens is 302 g/mol. The van der Waals surface area contributed by atoms with Crippen LogP contribution in [0, 0.1) is 0 Å². The van der Waals surface area contributed by atoms with Crippen molar-refractivity contribution in [3.8, 4) is 0 Å². The molecule has 0 bridgehead atoms. The van der Waals surface area contributed by atoms with Crippen molar-refractivity contribution < 1.29 is 13.2 Å². The summed E-state index contributed by atoms with van der Waals surface area (Å²) in [4.78, 5) is 3.80. The highest BCUT2D eigenvalue weighted by Crippen LogP contribution is 2.20. The molecule has 0 unspecified atom stereocenters. The molecule has 1 saturated carbocycles. The lowest BCUT2D eigenvalue weighted by Crippen LogP contribution is -2.30. The van der Waals surface area contributed by atoms with Gasteiger partial charge in [-0.15, -0.1) is 0 Å². The summed E-state index contributed by atoms with van der Waals surface area (Å²) in [6.07, 6.45) is 7.43. The van der Waals surface area contributed by atoms with Gasteiger partial charge in [-0.3, -0.25) is 0 Å². The molecule has 20 heavy (non-hydrogen) atoms. The Kier molecular flexibility index (Phi) is 5.42. The van der Waals surface area contributed by atoms with Crippen molar-refractivity contribution in [2.24, 2.45) is 7.05 Å². The molecule has 0 spiro atoms. The molecule has 2 rings (SSSR count). The Morgan fingerprint density at radius 1 is 1.45 bits per heavy atom. The van der Waals surface area contributed by atoms with E-state index in [0.717, 1.165) is 12.8 Å². The van der Waals surface area contributed by atoms with Gasteiger partial charge in [-0.1, -0.05) is 30.9 Å².